The monoisotopic (exact) mass is 1210 g/mol. The van der Waals surface area contributed by atoms with E-state index in [4.69, 9.17) is 16.7 Å². The van der Waals surface area contributed by atoms with E-state index < -0.39 is 11.2 Å². The van der Waals surface area contributed by atoms with E-state index in [0.717, 1.165) is 31.4 Å². The van der Waals surface area contributed by atoms with Crippen molar-refractivity contribution in [1.29, 1.82) is 0 Å². The Balaban J connectivity index is 0.000000250. The van der Waals surface area contributed by atoms with E-state index in [1.54, 1.807) is 110 Å². The van der Waals surface area contributed by atoms with Gasteiger partial charge < -0.3 is 20.8 Å². The summed E-state index contributed by atoms with van der Waals surface area (Å²) in [5.41, 5.74) is 5.91. The number of carboxylic acid groups (broad SMARTS) is 1. The third-order valence-corrected chi connectivity index (χ3v) is 12.5. The first-order chi connectivity index (χ1) is 31.5. The van der Waals surface area contributed by atoms with E-state index in [1.165, 1.54) is 23.1 Å². The predicted octanol–water partition coefficient (Wildman–Crippen LogP) is 7.88. The zero-order chi connectivity index (χ0) is 48.2. The van der Waals surface area contributed by atoms with Gasteiger partial charge in [0.25, 0.3) is 28.9 Å². The van der Waals surface area contributed by atoms with Gasteiger partial charge >= 0.3 is 57.4 Å². The van der Waals surface area contributed by atoms with Gasteiger partial charge in [-0.15, -0.1) is 12.1 Å². The van der Waals surface area contributed by atoms with Crippen LogP contribution in [0.1, 0.15) is 107 Å². The Labute approximate surface area is 471 Å². The average molecular weight is 1220 g/mol. The van der Waals surface area contributed by atoms with Crippen molar-refractivity contribution in [3.63, 3.8) is 0 Å². The molecule has 13 nitrogen and oxygen atoms in total. The van der Waals surface area contributed by atoms with E-state index in [1.807, 2.05) is 18.2 Å². The summed E-state index contributed by atoms with van der Waals surface area (Å²) in [5, 5.41) is 9.23. The fourth-order valence-corrected chi connectivity index (χ4v) is 8.90. The number of hydrogen-bond acceptors (Lipinski definition) is 10. The van der Waals surface area contributed by atoms with Gasteiger partial charge in [0.1, 0.15) is 0 Å². The second-order valence-electron chi connectivity index (χ2n) is 13.9. The Kier molecular flexibility index (Phi) is 23.0. The van der Waals surface area contributed by atoms with Crippen LogP contribution >= 0.6 is 75.3 Å². The molecule has 0 atom stereocenters. The smallest absolute Gasteiger partial charge is 0.478 e. The Bertz CT molecular complexity index is 2720. The van der Waals surface area contributed by atoms with Crippen LogP contribution in [0.4, 0.5) is 0 Å². The van der Waals surface area contributed by atoms with Crippen molar-refractivity contribution in [1.82, 2.24) is 16.0 Å². The molecule has 0 radical (unpaired) electrons. The molecular weight excluding hydrogens is 1180 g/mol. The van der Waals surface area contributed by atoms with E-state index in [0.29, 0.717) is 42.3 Å². The molecule has 0 unspecified atom stereocenters. The van der Waals surface area contributed by atoms with Gasteiger partial charge in [-0.05, 0) is 140 Å². The molecule has 4 N–H and O–H groups in total. The van der Waals surface area contributed by atoms with Crippen LogP contribution < -0.4 is 57.5 Å². The Hall–Kier alpha value is -4.44. The number of Topliss-reactive ketones (excluding diaryl/α,β-unsaturated/α-hetero) is 1. The summed E-state index contributed by atoms with van der Waals surface area (Å²) in [6.07, 6.45) is 3.27. The van der Waals surface area contributed by atoms with Gasteiger partial charge in [-0.25, -0.2) is 16.9 Å². The molecule has 0 saturated heterocycles. The molecule has 8 rings (SSSR count). The predicted molar refractivity (Wildman–Crippen MR) is 265 cm³/mol. The molecule has 6 aromatic carbocycles. The molecule has 0 fully saturated rings. The van der Waals surface area contributed by atoms with E-state index >= 15 is 0 Å². The van der Waals surface area contributed by atoms with Gasteiger partial charge in [0.15, 0.2) is 5.78 Å². The van der Waals surface area contributed by atoms with Gasteiger partial charge in [-0.2, -0.15) is 0 Å². The minimum absolute atomic E-state index is 0. The van der Waals surface area contributed by atoms with Crippen LogP contribution in [0.25, 0.3) is 0 Å². The third kappa shape index (κ3) is 14.3. The number of alkyl halides is 1. The summed E-state index contributed by atoms with van der Waals surface area (Å²) in [6, 6.07) is 35.1. The SMILES string of the molecule is CC(=O)c1ccc(CBr)cc1Br.N.O=C(Cl)c1ccc(CN2C(=O)c3ccccc3C2=O)cc1Br.O=C(O)c1ccc(CN2C(=O)c3ccccc3C2=O)cc1Br.O=[C-]c1ccccc1[C-]=O.[K+]. The minimum Gasteiger partial charge on any atom is -0.478 e. The second-order valence-corrected chi connectivity index (χ2v) is 17.4. The molecule has 0 aromatic heterocycles. The van der Waals surface area contributed by atoms with E-state index in [-0.39, 0.29) is 117 Å². The number of carbonyl (C=O) groups excluding carboxylic acids is 8. The number of ketones is 1. The summed E-state index contributed by atoms with van der Waals surface area (Å²) in [6.45, 7) is 1.81. The van der Waals surface area contributed by atoms with Crippen LogP contribution in [-0.2, 0) is 28.0 Å². The average Bonchev–Trinajstić information content (AvgIpc) is 3.69. The molecular formula is C49H34Br4ClKN3O10-. The topological polar surface area (TPSA) is 215 Å². The normalized spacial score (nSPS) is 11.7. The molecule has 4 amide bonds. The van der Waals surface area contributed by atoms with Crippen molar-refractivity contribution >= 4 is 129 Å². The van der Waals surface area contributed by atoms with Crippen molar-refractivity contribution in [3.05, 3.63) is 208 Å². The molecule has 6 aromatic rings. The zero-order valence-electron chi connectivity index (χ0n) is 35.9. The number of nitrogens with zero attached hydrogens (tertiary/aromatic N) is 2. The first-order valence-corrected chi connectivity index (χ1v) is 23.0. The Morgan fingerprint density at radius 3 is 1.18 bits per heavy atom. The van der Waals surface area contributed by atoms with Crippen LogP contribution in [0.3, 0.4) is 0 Å². The summed E-state index contributed by atoms with van der Waals surface area (Å²) < 4.78 is 1.81. The quantitative estimate of drug-likeness (QED) is 0.0336. The molecule has 2 heterocycles. The standard InChI is InChI=1S/C16H9BrClNO3.C16H10BrNO4.C9H8Br2O.C8H4O2.K.H3N/c17-13-7-9(5-6-12(13)14(18)20)8-19-15(21)10-3-1-2-4-11(10)16(19)22;17-13-7-9(5-6-12(13)16(21)22)8-18-14(19)10-3-1-2-4-11(10)15(18)20;1-6(12)8-3-2-7(5-10)4-9(8)11;9-5-7-3-1-2-4-8(7)6-10;;/h1-7H,8H2;1-7H,8H2,(H,21,22);2-4H,5H2,1H3;1-4H;;1H3/q;;;-2;+1;. The van der Waals surface area contributed by atoms with Crippen LogP contribution in [-0.4, -0.2) is 68.1 Å². The van der Waals surface area contributed by atoms with Crippen LogP contribution in [0.15, 0.2) is 141 Å². The maximum atomic E-state index is 12.3. The molecule has 0 saturated carbocycles. The summed E-state index contributed by atoms with van der Waals surface area (Å²) >= 11 is 18.6. The van der Waals surface area contributed by atoms with Crippen LogP contribution in [0.5, 0.6) is 0 Å². The summed E-state index contributed by atoms with van der Waals surface area (Å²) in [4.78, 5) is 105. The zero-order valence-corrected chi connectivity index (χ0v) is 46.1. The van der Waals surface area contributed by atoms with Crippen LogP contribution in [0.2, 0.25) is 0 Å². The molecule has 0 spiro atoms. The largest absolute Gasteiger partial charge is 1.00 e. The number of carboxylic acids is 1. The van der Waals surface area contributed by atoms with Gasteiger partial charge in [0.05, 0.1) is 40.9 Å². The maximum absolute atomic E-state index is 12.3. The minimum atomic E-state index is -1.04. The number of benzene rings is 6. The number of fused-ring (bicyclic) bond motifs is 2. The summed E-state index contributed by atoms with van der Waals surface area (Å²) in [7, 11) is 0. The van der Waals surface area contributed by atoms with Gasteiger partial charge in [0.2, 0.25) is 0 Å². The molecule has 19 heteroatoms. The number of halogens is 5. The van der Waals surface area contributed by atoms with Gasteiger partial charge in [-0.3, -0.25) is 49.7 Å². The molecule has 0 aliphatic carbocycles. The third-order valence-electron chi connectivity index (χ3n) is 9.66. The fraction of sp³-hybridized carbons (Fsp3) is 0.0816. The molecule has 0 bridgehead atoms. The fourth-order valence-electron chi connectivity index (χ4n) is 6.37. The van der Waals surface area contributed by atoms with Crippen molar-refractivity contribution in [2.45, 2.75) is 25.3 Å². The number of amides is 4. The molecule has 2 aliphatic rings. The van der Waals surface area contributed by atoms with E-state index in [2.05, 4.69) is 63.7 Å². The molecule has 2 aliphatic heterocycles. The first-order valence-electron chi connectivity index (χ1n) is 19.1. The Morgan fingerprint density at radius 2 is 0.868 bits per heavy atom. The number of carbonyl (C=O) groups is 7. The van der Waals surface area contributed by atoms with E-state index in [9.17, 15) is 43.2 Å². The number of rotatable bonds is 10. The summed E-state index contributed by atoms with van der Waals surface area (Å²) in [5.74, 6) is -2.25. The molecule has 68 heavy (non-hydrogen) atoms. The first kappa shape index (κ1) is 57.9. The van der Waals surface area contributed by atoms with Crippen molar-refractivity contribution in [3.8, 4) is 0 Å². The number of imide groups is 2. The van der Waals surface area contributed by atoms with Gasteiger partial charge in [0, 0.05) is 29.9 Å². The van der Waals surface area contributed by atoms with Crippen molar-refractivity contribution < 1.29 is 99.6 Å². The van der Waals surface area contributed by atoms with Crippen LogP contribution in [0, 0.1) is 0 Å². The number of hydrogen-bond donors (Lipinski definition) is 2. The van der Waals surface area contributed by atoms with Crippen molar-refractivity contribution in [2.24, 2.45) is 0 Å². The second kappa shape index (κ2) is 27.1. The Morgan fingerprint density at radius 1 is 0.544 bits per heavy atom. The van der Waals surface area contributed by atoms with Gasteiger partial charge in [-0.1, -0.05) is 74.3 Å². The molecule has 342 valence electrons. The number of aromatic carboxylic acids is 1. The van der Waals surface area contributed by atoms with Crippen molar-refractivity contribution in [2.75, 3.05) is 0 Å². The maximum Gasteiger partial charge on any atom is 1.00 e.